The van der Waals surface area contributed by atoms with E-state index in [0.717, 1.165) is 26.8 Å². The number of hydrogen-bond acceptors (Lipinski definition) is 6. The highest BCUT2D eigenvalue weighted by molar-refractivity contribution is 7.93. The molecule has 186 valence electrons. The molecule has 0 radical (unpaired) electrons. The maximum atomic E-state index is 13.0. The van der Waals surface area contributed by atoms with Gasteiger partial charge in [0.2, 0.25) is 9.84 Å². The molecule has 4 aromatic rings. The highest BCUT2D eigenvalue weighted by Gasteiger charge is 2.23. The van der Waals surface area contributed by atoms with Gasteiger partial charge in [-0.25, -0.2) is 13.2 Å². The van der Waals surface area contributed by atoms with Crippen LogP contribution in [-0.4, -0.2) is 28.3 Å². The first-order valence-electron chi connectivity index (χ1n) is 11.0. The average Bonchev–Trinajstić information content (AvgIpc) is 3.36. The SMILES string of the molecule is O=C(O)c1ccc(CCCc2ccccc2N(c2ccc(S(=O)(=O)c3ccccc3)s2)S(=O)[O-])cc1. The van der Waals surface area contributed by atoms with E-state index < -0.39 is 27.1 Å². The highest BCUT2D eigenvalue weighted by Crippen LogP contribution is 2.38. The fourth-order valence-electron chi connectivity index (χ4n) is 3.77. The fourth-order valence-corrected chi connectivity index (χ4v) is 7.25. The van der Waals surface area contributed by atoms with Gasteiger partial charge < -0.3 is 9.66 Å². The largest absolute Gasteiger partial charge is 0.755 e. The van der Waals surface area contributed by atoms with Crippen molar-refractivity contribution >= 4 is 49.1 Å². The molecule has 0 fully saturated rings. The Labute approximate surface area is 216 Å². The summed E-state index contributed by atoms with van der Waals surface area (Å²) in [6.07, 6.45) is 1.97. The number of thiophene rings is 1. The van der Waals surface area contributed by atoms with Crippen LogP contribution in [0.1, 0.15) is 27.9 Å². The molecule has 0 bridgehead atoms. The number of anilines is 2. The van der Waals surface area contributed by atoms with Gasteiger partial charge >= 0.3 is 5.97 Å². The van der Waals surface area contributed by atoms with E-state index in [4.69, 9.17) is 5.11 Å². The molecular weight excluding hydrogens is 518 g/mol. The van der Waals surface area contributed by atoms with Crippen LogP contribution in [0, 0.1) is 0 Å². The number of aryl methyl sites for hydroxylation is 2. The summed E-state index contributed by atoms with van der Waals surface area (Å²) in [6.45, 7) is 0. The van der Waals surface area contributed by atoms with Gasteiger partial charge in [-0.2, -0.15) is 0 Å². The smallest absolute Gasteiger partial charge is 0.335 e. The summed E-state index contributed by atoms with van der Waals surface area (Å²) in [7, 11) is -3.77. The number of aromatic carboxylic acids is 1. The lowest BCUT2D eigenvalue weighted by molar-refractivity contribution is 0.0697. The van der Waals surface area contributed by atoms with E-state index in [0.29, 0.717) is 24.9 Å². The number of nitrogens with zero attached hydrogens (tertiary/aromatic N) is 1. The Bertz CT molecular complexity index is 1480. The van der Waals surface area contributed by atoms with E-state index in [1.165, 1.54) is 24.3 Å². The Kier molecular flexibility index (Phi) is 8.00. The number of carbonyl (C=O) groups is 1. The minimum atomic E-state index is -3.77. The molecule has 0 amide bonds. The third kappa shape index (κ3) is 5.73. The molecule has 0 saturated carbocycles. The molecule has 10 heteroatoms. The molecule has 0 aliphatic heterocycles. The summed E-state index contributed by atoms with van der Waals surface area (Å²) in [4.78, 5) is 11.2. The molecule has 0 saturated heterocycles. The summed E-state index contributed by atoms with van der Waals surface area (Å²) in [5.74, 6) is -0.977. The van der Waals surface area contributed by atoms with Gasteiger partial charge in [-0.3, -0.25) is 8.51 Å². The van der Waals surface area contributed by atoms with Crippen LogP contribution < -0.4 is 4.31 Å². The number of hydrogen-bond donors (Lipinski definition) is 1. The predicted octanol–water partition coefficient (Wildman–Crippen LogP) is 5.39. The first kappa shape index (κ1) is 25.8. The average molecular weight is 541 g/mol. The maximum Gasteiger partial charge on any atom is 0.335 e. The Morgan fingerprint density at radius 1 is 0.889 bits per heavy atom. The second kappa shape index (κ2) is 11.2. The van der Waals surface area contributed by atoms with Crippen molar-refractivity contribution in [1.82, 2.24) is 0 Å². The topological polar surface area (TPSA) is 115 Å². The zero-order valence-electron chi connectivity index (χ0n) is 18.9. The van der Waals surface area contributed by atoms with Gasteiger partial charge in [0.1, 0.15) is 9.21 Å². The van der Waals surface area contributed by atoms with Crippen LogP contribution in [0.4, 0.5) is 10.7 Å². The standard InChI is InChI=1S/C26H23NO6S3/c28-26(29)21-15-13-19(14-16-21)7-6-9-20-8-4-5-12-23(20)27(35(30)31)24-17-18-25(34-24)36(32,33)22-10-2-1-3-11-22/h1-5,8,10-18H,6-7,9H2,(H,28,29)(H,30,31)/p-1. The van der Waals surface area contributed by atoms with E-state index >= 15 is 0 Å². The molecule has 3 aromatic carbocycles. The molecule has 1 aromatic heterocycles. The summed E-state index contributed by atoms with van der Waals surface area (Å²) in [6, 6.07) is 24.7. The van der Waals surface area contributed by atoms with Gasteiger partial charge in [-0.1, -0.05) is 48.5 Å². The lowest BCUT2D eigenvalue weighted by Crippen LogP contribution is -2.20. The molecule has 0 aliphatic rings. The maximum absolute atomic E-state index is 13.0. The molecular formula is C26H22NO6S3-. The second-order valence-corrected chi connectivity index (χ2v) is 11.9. The zero-order valence-corrected chi connectivity index (χ0v) is 21.4. The normalized spacial score (nSPS) is 12.2. The van der Waals surface area contributed by atoms with Gasteiger partial charge in [-0.15, -0.1) is 11.3 Å². The van der Waals surface area contributed by atoms with Gasteiger partial charge in [0.05, 0.1) is 27.4 Å². The van der Waals surface area contributed by atoms with Crippen LogP contribution in [0.3, 0.4) is 0 Å². The summed E-state index contributed by atoms with van der Waals surface area (Å²) in [5.41, 5.74) is 2.46. The van der Waals surface area contributed by atoms with Crippen molar-refractivity contribution in [3.8, 4) is 0 Å². The first-order valence-corrected chi connectivity index (χ1v) is 14.3. The molecule has 1 N–H and O–H groups in total. The van der Waals surface area contributed by atoms with Crippen LogP contribution in [0.2, 0.25) is 0 Å². The molecule has 0 aliphatic carbocycles. The molecule has 1 atom stereocenters. The molecule has 0 spiro atoms. The Morgan fingerprint density at radius 3 is 2.22 bits per heavy atom. The molecule has 1 heterocycles. The third-order valence-electron chi connectivity index (χ3n) is 5.56. The van der Waals surface area contributed by atoms with Gasteiger partial charge in [0.25, 0.3) is 0 Å². The van der Waals surface area contributed by atoms with Crippen molar-refractivity contribution in [3.63, 3.8) is 0 Å². The number of sulfone groups is 1. The fraction of sp³-hybridized carbons (Fsp3) is 0.115. The van der Waals surface area contributed by atoms with Gasteiger partial charge in [-0.05, 0) is 72.9 Å². The van der Waals surface area contributed by atoms with E-state index in [2.05, 4.69) is 0 Å². The number of para-hydroxylation sites is 1. The summed E-state index contributed by atoms with van der Waals surface area (Å²) >= 11 is -1.78. The quantitative estimate of drug-likeness (QED) is 0.270. The summed E-state index contributed by atoms with van der Waals surface area (Å²) < 4.78 is 51.7. The molecule has 1 unspecified atom stereocenters. The van der Waals surface area contributed by atoms with Crippen molar-refractivity contribution in [1.29, 1.82) is 0 Å². The number of benzene rings is 3. The van der Waals surface area contributed by atoms with Crippen LogP contribution in [0.5, 0.6) is 0 Å². The van der Waals surface area contributed by atoms with E-state index in [9.17, 15) is 22.0 Å². The third-order valence-corrected chi connectivity index (χ3v) is 9.70. The lowest BCUT2D eigenvalue weighted by atomic mass is 10.0. The van der Waals surface area contributed by atoms with Crippen LogP contribution in [0.15, 0.2) is 100 Å². The van der Waals surface area contributed by atoms with Gasteiger partial charge in [0, 0.05) is 0 Å². The van der Waals surface area contributed by atoms with Crippen LogP contribution >= 0.6 is 11.3 Å². The van der Waals surface area contributed by atoms with Crippen molar-refractivity contribution in [2.45, 2.75) is 28.4 Å². The molecule has 36 heavy (non-hydrogen) atoms. The zero-order chi connectivity index (χ0) is 25.7. The number of carboxylic acid groups (broad SMARTS) is 1. The van der Waals surface area contributed by atoms with Crippen molar-refractivity contribution in [2.75, 3.05) is 4.31 Å². The monoisotopic (exact) mass is 540 g/mol. The van der Waals surface area contributed by atoms with E-state index in [1.807, 2.05) is 12.1 Å². The lowest BCUT2D eigenvalue weighted by Gasteiger charge is -2.27. The van der Waals surface area contributed by atoms with Gasteiger partial charge in [0.15, 0.2) is 0 Å². The summed E-state index contributed by atoms with van der Waals surface area (Å²) in [5, 5.41) is 9.31. The Balaban J connectivity index is 1.56. The van der Waals surface area contributed by atoms with E-state index in [-0.39, 0.29) is 19.7 Å². The minimum Gasteiger partial charge on any atom is -0.755 e. The first-order chi connectivity index (χ1) is 17.3. The van der Waals surface area contributed by atoms with Crippen molar-refractivity contribution in [2.24, 2.45) is 0 Å². The Hall–Kier alpha value is -3.31. The van der Waals surface area contributed by atoms with Crippen molar-refractivity contribution in [3.05, 3.63) is 108 Å². The number of carboxylic acids is 1. The number of rotatable bonds is 10. The predicted molar refractivity (Wildman–Crippen MR) is 139 cm³/mol. The van der Waals surface area contributed by atoms with Crippen molar-refractivity contribution < 1.29 is 27.1 Å². The molecule has 4 rings (SSSR count). The highest BCUT2D eigenvalue weighted by atomic mass is 32.2. The molecule has 7 nitrogen and oxygen atoms in total. The van der Waals surface area contributed by atoms with Crippen LogP contribution in [0.25, 0.3) is 0 Å². The van der Waals surface area contributed by atoms with Crippen LogP contribution in [-0.2, 0) is 33.9 Å². The van der Waals surface area contributed by atoms with E-state index in [1.54, 1.807) is 54.6 Å². The Morgan fingerprint density at radius 2 is 1.56 bits per heavy atom. The second-order valence-electron chi connectivity index (χ2n) is 7.90. The minimum absolute atomic E-state index is 0.0569.